The molecule has 0 unspecified atom stereocenters. The van der Waals surface area contributed by atoms with E-state index in [0.717, 1.165) is 24.2 Å². The number of nitrogens with one attached hydrogen (secondary N) is 1. The fourth-order valence-corrected chi connectivity index (χ4v) is 2.51. The third-order valence-electron chi connectivity index (χ3n) is 3.94. The van der Waals surface area contributed by atoms with E-state index in [1.807, 2.05) is 13.0 Å². The third-order valence-corrected chi connectivity index (χ3v) is 3.94. The van der Waals surface area contributed by atoms with E-state index in [0.29, 0.717) is 13.0 Å². The van der Waals surface area contributed by atoms with Gasteiger partial charge in [-0.15, -0.1) is 0 Å². The molecule has 1 aliphatic rings. The summed E-state index contributed by atoms with van der Waals surface area (Å²) in [6, 6.07) is 6.53. The molecule has 122 valence electrons. The summed E-state index contributed by atoms with van der Waals surface area (Å²) in [7, 11) is 0. The zero-order valence-electron chi connectivity index (χ0n) is 13.9. The molecule has 1 aliphatic carbocycles. The Kier molecular flexibility index (Phi) is 6.51. The van der Waals surface area contributed by atoms with Gasteiger partial charge in [-0.05, 0) is 72.4 Å². The predicted molar refractivity (Wildman–Crippen MR) is 97.5 cm³/mol. The molecule has 0 saturated carbocycles. The van der Waals surface area contributed by atoms with Crippen LogP contribution in [0.15, 0.2) is 54.4 Å². The number of hydrogen-bond donors (Lipinski definition) is 2. The fraction of sp³-hybridized carbons (Fsp3) is 0.300. The van der Waals surface area contributed by atoms with Gasteiger partial charge in [-0.2, -0.15) is 0 Å². The van der Waals surface area contributed by atoms with E-state index in [1.54, 1.807) is 6.08 Å². The molecule has 0 fully saturated rings. The second-order valence-corrected chi connectivity index (χ2v) is 5.67. The Morgan fingerprint density at radius 1 is 1.26 bits per heavy atom. The summed E-state index contributed by atoms with van der Waals surface area (Å²) in [6.07, 6.45) is 9.75. The first kappa shape index (κ1) is 17.4. The first-order valence-corrected chi connectivity index (χ1v) is 8.06. The summed E-state index contributed by atoms with van der Waals surface area (Å²) >= 11 is 0. The molecule has 1 aromatic rings. The summed E-state index contributed by atoms with van der Waals surface area (Å²) < 4.78 is 13.4. The van der Waals surface area contributed by atoms with Crippen LogP contribution in [0.4, 0.5) is 4.39 Å². The van der Waals surface area contributed by atoms with Gasteiger partial charge in [0.15, 0.2) is 0 Å². The molecule has 0 saturated heterocycles. The van der Waals surface area contributed by atoms with E-state index in [-0.39, 0.29) is 5.83 Å². The number of halogens is 1. The predicted octanol–water partition coefficient (Wildman–Crippen LogP) is 4.35. The molecule has 0 aromatic heterocycles. The van der Waals surface area contributed by atoms with E-state index < -0.39 is 0 Å². The molecular formula is C20H25FN2. The smallest absolute Gasteiger partial charge is 0.119 e. The lowest BCUT2D eigenvalue weighted by atomic mass is 9.95. The standard InChI is InChI=1S/C20H25FN2/c1-3-15(2)18-11-16(14-23-10-9-22)12-19(13-18)17-5-4-6-20(21)8-7-17/h3,5-8,11-13,23H,4,9-10,14,22H2,1-2H3/b15-3+. The molecule has 1 aromatic carbocycles. The maximum absolute atomic E-state index is 13.4. The Bertz CT molecular complexity index is 666. The Morgan fingerprint density at radius 3 is 2.83 bits per heavy atom. The van der Waals surface area contributed by atoms with Crippen molar-refractivity contribution in [1.29, 1.82) is 0 Å². The van der Waals surface area contributed by atoms with Crippen LogP contribution in [0.2, 0.25) is 0 Å². The van der Waals surface area contributed by atoms with Crippen LogP contribution < -0.4 is 11.1 Å². The molecule has 0 radical (unpaired) electrons. The van der Waals surface area contributed by atoms with Crippen LogP contribution in [0.1, 0.15) is 37.0 Å². The van der Waals surface area contributed by atoms with E-state index >= 15 is 0 Å². The quantitative estimate of drug-likeness (QED) is 0.766. The van der Waals surface area contributed by atoms with Crippen molar-refractivity contribution in [3.63, 3.8) is 0 Å². The van der Waals surface area contributed by atoms with Gasteiger partial charge in [0.1, 0.15) is 5.83 Å². The van der Waals surface area contributed by atoms with Crippen LogP contribution in [-0.2, 0) is 6.54 Å². The van der Waals surface area contributed by atoms with Crippen molar-refractivity contribution in [2.75, 3.05) is 13.1 Å². The van der Waals surface area contributed by atoms with Crippen LogP contribution >= 0.6 is 0 Å². The van der Waals surface area contributed by atoms with Gasteiger partial charge in [0.2, 0.25) is 0 Å². The topological polar surface area (TPSA) is 38.0 Å². The van der Waals surface area contributed by atoms with Crippen LogP contribution in [0, 0.1) is 0 Å². The SMILES string of the molecule is C/C=C(\C)c1cc(CNCCN)cc(C2=CCC=C(F)C=C2)c1. The van der Waals surface area contributed by atoms with Gasteiger partial charge in [0.05, 0.1) is 0 Å². The minimum Gasteiger partial charge on any atom is -0.329 e. The summed E-state index contributed by atoms with van der Waals surface area (Å²) in [5.74, 6) is -0.179. The number of hydrogen-bond acceptors (Lipinski definition) is 2. The molecule has 2 nitrogen and oxygen atoms in total. The van der Waals surface area contributed by atoms with Gasteiger partial charge < -0.3 is 11.1 Å². The molecule has 0 spiro atoms. The monoisotopic (exact) mass is 312 g/mol. The van der Waals surface area contributed by atoms with Crippen molar-refractivity contribution >= 4 is 11.1 Å². The van der Waals surface area contributed by atoms with Crippen LogP contribution in [0.5, 0.6) is 0 Å². The molecule has 0 heterocycles. The average Bonchev–Trinajstić information content (AvgIpc) is 2.78. The zero-order chi connectivity index (χ0) is 16.7. The third kappa shape index (κ3) is 5.02. The highest BCUT2D eigenvalue weighted by atomic mass is 19.1. The maximum Gasteiger partial charge on any atom is 0.119 e. The Balaban J connectivity index is 2.36. The maximum atomic E-state index is 13.4. The van der Waals surface area contributed by atoms with Crippen molar-refractivity contribution in [2.45, 2.75) is 26.8 Å². The van der Waals surface area contributed by atoms with Gasteiger partial charge in [-0.1, -0.05) is 24.3 Å². The lowest BCUT2D eigenvalue weighted by Crippen LogP contribution is -2.21. The molecule has 0 aliphatic heterocycles. The highest BCUT2D eigenvalue weighted by Crippen LogP contribution is 2.26. The first-order chi connectivity index (χ1) is 11.1. The van der Waals surface area contributed by atoms with Crippen molar-refractivity contribution in [3.8, 4) is 0 Å². The normalized spacial score (nSPS) is 15.2. The fourth-order valence-electron chi connectivity index (χ4n) is 2.51. The summed E-state index contributed by atoms with van der Waals surface area (Å²) in [4.78, 5) is 0. The molecule has 3 N–H and O–H groups in total. The summed E-state index contributed by atoms with van der Waals surface area (Å²) in [5.41, 5.74) is 11.3. The van der Waals surface area contributed by atoms with Gasteiger partial charge in [0, 0.05) is 19.6 Å². The van der Waals surface area contributed by atoms with E-state index in [4.69, 9.17) is 5.73 Å². The zero-order valence-corrected chi connectivity index (χ0v) is 13.9. The van der Waals surface area contributed by atoms with Gasteiger partial charge in [-0.3, -0.25) is 0 Å². The summed E-state index contributed by atoms with van der Waals surface area (Å²) in [6.45, 7) is 6.34. The van der Waals surface area contributed by atoms with Crippen molar-refractivity contribution in [3.05, 3.63) is 71.1 Å². The Morgan fingerprint density at radius 2 is 2.09 bits per heavy atom. The molecule has 0 atom stereocenters. The van der Waals surface area contributed by atoms with E-state index in [1.165, 1.54) is 22.8 Å². The Labute approximate surface area is 138 Å². The van der Waals surface area contributed by atoms with E-state index in [2.05, 4.69) is 42.6 Å². The van der Waals surface area contributed by atoms with Gasteiger partial charge >= 0.3 is 0 Å². The Hall–Kier alpha value is -1.97. The van der Waals surface area contributed by atoms with Crippen LogP contribution in [0.25, 0.3) is 11.1 Å². The van der Waals surface area contributed by atoms with Crippen molar-refractivity contribution in [2.24, 2.45) is 5.73 Å². The largest absolute Gasteiger partial charge is 0.329 e. The second-order valence-electron chi connectivity index (χ2n) is 5.67. The molecule has 0 amide bonds. The minimum atomic E-state index is -0.179. The van der Waals surface area contributed by atoms with Crippen molar-refractivity contribution < 1.29 is 4.39 Å². The molecule has 0 bridgehead atoms. The van der Waals surface area contributed by atoms with Crippen LogP contribution in [0.3, 0.4) is 0 Å². The highest BCUT2D eigenvalue weighted by molar-refractivity contribution is 5.78. The number of allylic oxidation sites excluding steroid dienone is 8. The summed E-state index contributed by atoms with van der Waals surface area (Å²) in [5, 5.41) is 3.33. The molecular weight excluding hydrogens is 287 g/mol. The number of benzene rings is 1. The van der Waals surface area contributed by atoms with Crippen molar-refractivity contribution in [1.82, 2.24) is 5.32 Å². The van der Waals surface area contributed by atoms with Gasteiger partial charge in [0.25, 0.3) is 0 Å². The second kappa shape index (κ2) is 8.61. The van der Waals surface area contributed by atoms with Gasteiger partial charge in [-0.25, -0.2) is 4.39 Å². The first-order valence-electron chi connectivity index (χ1n) is 8.06. The average molecular weight is 312 g/mol. The number of nitrogens with two attached hydrogens (primary N) is 1. The highest BCUT2D eigenvalue weighted by Gasteiger charge is 2.07. The number of rotatable bonds is 6. The van der Waals surface area contributed by atoms with E-state index in [9.17, 15) is 4.39 Å². The minimum absolute atomic E-state index is 0.179. The lowest BCUT2D eigenvalue weighted by Gasteiger charge is -2.12. The molecule has 23 heavy (non-hydrogen) atoms. The van der Waals surface area contributed by atoms with Crippen LogP contribution in [-0.4, -0.2) is 13.1 Å². The lowest BCUT2D eigenvalue weighted by molar-refractivity contribution is 0.663. The molecule has 2 rings (SSSR count). The molecule has 3 heteroatoms.